The number of amides is 1. The molecular formula is C19H18N2O6S. The quantitative estimate of drug-likeness (QED) is 0.392. The summed E-state index contributed by atoms with van der Waals surface area (Å²) in [6.07, 6.45) is 3.50. The molecular weight excluding hydrogens is 384 g/mol. The summed E-state index contributed by atoms with van der Waals surface area (Å²) in [5, 5.41) is 3.03. The van der Waals surface area contributed by atoms with E-state index in [2.05, 4.69) is 10.3 Å². The van der Waals surface area contributed by atoms with Crippen molar-refractivity contribution in [1.82, 2.24) is 4.98 Å². The van der Waals surface area contributed by atoms with Gasteiger partial charge in [-0.25, -0.2) is 0 Å². The van der Waals surface area contributed by atoms with Gasteiger partial charge in [0, 0.05) is 43.1 Å². The van der Waals surface area contributed by atoms with Gasteiger partial charge in [0.05, 0.1) is 5.69 Å². The van der Waals surface area contributed by atoms with Crippen molar-refractivity contribution in [2.45, 2.75) is 18.7 Å². The number of nitrogens with one attached hydrogen (secondary N) is 1. The van der Waals surface area contributed by atoms with Crippen LogP contribution in [0.25, 0.3) is 10.8 Å². The smallest absolute Gasteiger partial charge is 0.308 e. The maximum atomic E-state index is 11.5. The third-order valence-electron chi connectivity index (χ3n) is 3.37. The minimum absolute atomic E-state index is 0.158. The molecule has 2 N–H and O–H groups in total. The Hall–Kier alpha value is -3.30. The van der Waals surface area contributed by atoms with Crippen LogP contribution in [0.3, 0.4) is 0 Å². The molecule has 146 valence electrons. The summed E-state index contributed by atoms with van der Waals surface area (Å²) in [5.41, 5.74) is 0.158. The molecule has 0 bridgehead atoms. The zero-order chi connectivity index (χ0) is 20.7. The van der Waals surface area contributed by atoms with Gasteiger partial charge in [-0.05, 0) is 12.1 Å². The number of fused-ring (bicyclic) bond motifs is 1. The Labute approximate surface area is 161 Å². The van der Waals surface area contributed by atoms with Crippen LogP contribution in [-0.4, -0.2) is 29.8 Å². The van der Waals surface area contributed by atoms with Gasteiger partial charge < -0.3 is 10.1 Å². The van der Waals surface area contributed by atoms with Gasteiger partial charge in [0.1, 0.15) is 4.90 Å². The third kappa shape index (κ3) is 5.60. The van der Waals surface area contributed by atoms with E-state index in [0.29, 0.717) is 5.39 Å². The molecule has 1 heterocycles. The Bertz CT molecular complexity index is 1070. The first-order valence-electron chi connectivity index (χ1n) is 8.04. The van der Waals surface area contributed by atoms with Gasteiger partial charge in [-0.3, -0.25) is 19.1 Å². The lowest BCUT2D eigenvalue weighted by Crippen LogP contribution is -2.12. The number of rotatable bonds is 3. The summed E-state index contributed by atoms with van der Waals surface area (Å²) in [6.45, 7) is 2.41. The first-order valence-corrected chi connectivity index (χ1v) is 9.48. The van der Waals surface area contributed by atoms with E-state index in [1.807, 2.05) is 18.2 Å². The van der Waals surface area contributed by atoms with Gasteiger partial charge >= 0.3 is 5.97 Å². The van der Waals surface area contributed by atoms with Crippen molar-refractivity contribution < 1.29 is 27.3 Å². The third-order valence-corrected chi connectivity index (χ3v) is 4.26. The molecule has 3 rings (SSSR count). The fraction of sp³-hybridized carbons (Fsp3) is 0.105. The van der Waals surface area contributed by atoms with Crippen molar-refractivity contribution in [2.24, 2.45) is 0 Å². The van der Waals surface area contributed by atoms with Crippen LogP contribution < -0.4 is 10.1 Å². The predicted octanol–water partition coefficient (Wildman–Crippen LogP) is 3.05. The van der Waals surface area contributed by atoms with Crippen molar-refractivity contribution in [2.75, 3.05) is 5.32 Å². The van der Waals surface area contributed by atoms with Gasteiger partial charge in [0.2, 0.25) is 5.91 Å². The van der Waals surface area contributed by atoms with Crippen molar-refractivity contribution in [3.8, 4) is 5.75 Å². The molecule has 0 atom stereocenters. The molecule has 0 aliphatic heterocycles. The fourth-order valence-corrected chi connectivity index (χ4v) is 3.10. The number of ether oxygens (including phenoxy) is 1. The lowest BCUT2D eigenvalue weighted by Gasteiger charge is -2.15. The van der Waals surface area contributed by atoms with Crippen molar-refractivity contribution in [1.29, 1.82) is 0 Å². The molecule has 0 aliphatic carbocycles. The predicted molar refractivity (Wildman–Crippen MR) is 104 cm³/mol. The monoisotopic (exact) mass is 402 g/mol. The molecule has 0 saturated carbocycles. The molecule has 0 spiro atoms. The number of carbonyl (C=O) groups is 2. The number of carbonyl (C=O) groups excluding carboxylic acids is 2. The second-order valence-corrected chi connectivity index (χ2v) is 6.96. The molecule has 3 aromatic rings. The number of hydrogen-bond acceptors (Lipinski definition) is 6. The van der Waals surface area contributed by atoms with E-state index in [9.17, 15) is 22.6 Å². The standard InChI is InChI=1S/C14H13NO6S.C5H5N/c1-8(16)15-14-11-6-4-3-5-10(11)13(22(18,19)20)7-12(14)21-9(2)17;1-2-4-6-5-3-1/h3-7H,1-2H3,(H,15,16)(H,18,19,20);1-5H. The first kappa shape index (κ1) is 21.0. The number of esters is 1. The summed E-state index contributed by atoms with van der Waals surface area (Å²) in [4.78, 5) is 25.9. The summed E-state index contributed by atoms with van der Waals surface area (Å²) in [7, 11) is -4.54. The highest BCUT2D eigenvalue weighted by Crippen LogP contribution is 2.38. The Morgan fingerprint density at radius 1 is 1.00 bits per heavy atom. The van der Waals surface area contributed by atoms with Gasteiger partial charge in [0.15, 0.2) is 5.75 Å². The molecule has 1 aromatic heterocycles. The van der Waals surface area contributed by atoms with E-state index in [1.165, 1.54) is 13.0 Å². The first-order chi connectivity index (χ1) is 13.2. The highest BCUT2D eigenvalue weighted by Gasteiger charge is 2.21. The van der Waals surface area contributed by atoms with Gasteiger partial charge in [-0.2, -0.15) is 8.42 Å². The Balaban J connectivity index is 0.000000397. The van der Waals surface area contributed by atoms with Crippen LogP contribution in [0.4, 0.5) is 5.69 Å². The Kier molecular flexibility index (Phi) is 6.80. The molecule has 8 nitrogen and oxygen atoms in total. The van der Waals surface area contributed by atoms with E-state index < -0.39 is 26.9 Å². The van der Waals surface area contributed by atoms with Crippen LogP contribution in [0.2, 0.25) is 0 Å². The molecule has 0 unspecified atom stereocenters. The number of aromatic nitrogens is 1. The molecule has 2 aromatic carbocycles. The number of benzene rings is 2. The topological polar surface area (TPSA) is 123 Å². The number of pyridine rings is 1. The summed E-state index contributed by atoms with van der Waals surface area (Å²) in [5.74, 6) is -1.27. The zero-order valence-electron chi connectivity index (χ0n) is 15.1. The largest absolute Gasteiger partial charge is 0.424 e. The molecule has 28 heavy (non-hydrogen) atoms. The minimum Gasteiger partial charge on any atom is -0.424 e. The Morgan fingerprint density at radius 3 is 2.04 bits per heavy atom. The van der Waals surface area contributed by atoms with Crippen LogP contribution in [-0.2, 0) is 19.7 Å². The maximum absolute atomic E-state index is 11.5. The van der Waals surface area contributed by atoms with Crippen molar-refractivity contribution >= 4 is 38.5 Å². The zero-order valence-corrected chi connectivity index (χ0v) is 15.9. The number of anilines is 1. The van der Waals surface area contributed by atoms with Gasteiger partial charge in [-0.15, -0.1) is 0 Å². The molecule has 9 heteroatoms. The van der Waals surface area contributed by atoms with E-state index in [-0.39, 0.29) is 16.8 Å². The van der Waals surface area contributed by atoms with Gasteiger partial charge in [0.25, 0.3) is 10.1 Å². The van der Waals surface area contributed by atoms with E-state index in [1.54, 1.807) is 30.6 Å². The lowest BCUT2D eigenvalue weighted by molar-refractivity contribution is -0.131. The molecule has 1 amide bonds. The Morgan fingerprint density at radius 2 is 1.61 bits per heavy atom. The van der Waals surface area contributed by atoms with Crippen LogP contribution in [0.15, 0.2) is 65.8 Å². The van der Waals surface area contributed by atoms with Crippen molar-refractivity contribution in [3.05, 3.63) is 60.9 Å². The lowest BCUT2D eigenvalue weighted by atomic mass is 10.1. The van der Waals surface area contributed by atoms with Crippen LogP contribution in [0, 0.1) is 0 Å². The second-order valence-electron chi connectivity index (χ2n) is 5.57. The normalized spacial score (nSPS) is 10.5. The second kappa shape index (κ2) is 9.07. The summed E-state index contributed by atoms with van der Waals surface area (Å²) >= 11 is 0. The SMILES string of the molecule is CC(=O)Nc1c(OC(C)=O)cc(S(=O)(=O)O)c2ccccc12.c1ccncc1. The average Bonchev–Trinajstić information content (AvgIpc) is 2.64. The fourth-order valence-electron chi connectivity index (χ4n) is 2.38. The molecule has 0 fully saturated rings. The van der Waals surface area contributed by atoms with E-state index >= 15 is 0 Å². The highest BCUT2D eigenvalue weighted by molar-refractivity contribution is 7.86. The molecule has 0 saturated heterocycles. The average molecular weight is 402 g/mol. The summed E-state index contributed by atoms with van der Waals surface area (Å²) in [6, 6.07) is 12.9. The molecule has 0 aliphatic rings. The number of nitrogens with zero attached hydrogens (tertiary/aromatic N) is 1. The van der Waals surface area contributed by atoms with Gasteiger partial charge in [-0.1, -0.05) is 30.3 Å². The minimum atomic E-state index is -4.54. The van der Waals surface area contributed by atoms with E-state index in [4.69, 9.17) is 4.74 Å². The highest BCUT2D eigenvalue weighted by atomic mass is 32.2. The summed E-state index contributed by atoms with van der Waals surface area (Å²) < 4.78 is 37.4. The molecule has 0 radical (unpaired) electrons. The van der Waals surface area contributed by atoms with Crippen LogP contribution in [0.5, 0.6) is 5.75 Å². The van der Waals surface area contributed by atoms with Crippen molar-refractivity contribution in [3.63, 3.8) is 0 Å². The number of hydrogen-bond donors (Lipinski definition) is 2. The van der Waals surface area contributed by atoms with Crippen LogP contribution >= 0.6 is 0 Å². The van der Waals surface area contributed by atoms with E-state index in [0.717, 1.165) is 13.0 Å². The maximum Gasteiger partial charge on any atom is 0.308 e. The van der Waals surface area contributed by atoms with Crippen LogP contribution in [0.1, 0.15) is 13.8 Å².